The first-order chi connectivity index (χ1) is 15.5. The van der Waals surface area contributed by atoms with Crippen molar-refractivity contribution < 1.29 is 28.6 Å². The third kappa shape index (κ3) is 3.90. The molecule has 0 amide bonds. The molecule has 4 aromatic rings. The molecule has 164 valence electrons. The molecule has 4 rings (SSSR count). The van der Waals surface area contributed by atoms with Crippen LogP contribution in [0.5, 0.6) is 11.5 Å². The monoisotopic (exact) mass is 434 g/mol. The molecule has 0 atom stereocenters. The van der Waals surface area contributed by atoms with Crippen molar-refractivity contribution in [2.24, 2.45) is 7.05 Å². The molecule has 0 saturated heterocycles. The lowest BCUT2D eigenvalue weighted by Crippen LogP contribution is -2.29. The molecule has 0 unspecified atom stereocenters. The van der Waals surface area contributed by atoms with Gasteiger partial charge in [-0.25, -0.2) is 8.96 Å². The Balaban J connectivity index is 1.94. The van der Waals surface area contributed by atoms with Crippen molar-refractivity contribution in [2.75, 3.05) is 14.2 Å². The number of nitrogens with zero attached hydrogens (tertiary/aromatic N) is 1. The van der Waals surface area contributed by atoms with E-state index >= 15 is 0 Å². The maximum absolute atomic E-state index is 13.5. The average molecular weight is 434 g/mol. The van der Waals surface area contributed by atoms with Crippen molar-refractivity contribution in [1.29, 1.82) is 0 Å². The van der Waals surface area contributed by atoms with E-state index in [1.807, 2.05) is 48.1 Å². The molecule has 2 N–H and O–H groups in total. The van der Waals surface area contributed by atoms with Crippen molar-refractivity contribution >= 4 is 10.9 Å². The van der Waals surface area contributed by atoms with Gasteiger partial charge in [0.25, 0.3) is 0 Å². The molecular weight excluding hydrogens is 409 g/mol. The van der Waals surface area contributed by atoms with Gasteiger partial charge < -0.3 is 19.7 Å². The Morgan fingerprint density at radius 2 is 1.50 bits per heavy atom. The Morgan fingerprint density at radius 1 is 0.812 bits per heavy atom. The van der Waals surface area contributed by atoms with Crippen LogP contribution in [0.25, 0.3) is 33.2 Å². The lowest BCUT2D eigenvalue weighted by Gasteiger charge is -2.16. The molecule has 0 spiro atoms. The molecule has 0 radical (unpaired) electrons. The first kappa shape index (κ1) is 21.7. The summed E-state index contributed by atoms with van der Waals surface area (Å²) in [6, 6.07) is 16.0. The summed E-state index contributed by atoms with van der Waals surface area (Å²) in [5.41, 5.74) is 5.76. The van der Waals surface area contributed by atoms with Crippen LogP contribution in [0.4, 0.5) is 4.39 Å². The highest BCUT2D eigenvalue weighted by Gasteiger charge is 2.18. The van der Waals surface area contributed by atoms with Crippen LogP contribution in [-0.2, 0) is 20.3 Å². The zero-order valence-electron chi connectivity index (χ0n) is 18.2. The Bertz CT molecular complexity index is 1290. The van der Waals surface area contributed by atoms with Crippen LogP contribution in [0.15, 0.2) is 60.8 Å². The van der Waals surface area contributed by atoms with Crippen LogP contribution in [-0.4, -0.2) is 24.4 Å². The zero-order valence-corrected chi connectivity index (χ0v) is 18.2. The van der Waals surface area contributed by atoms with Gasteiger partial charge >= 0.3 is 0 Å². The number of hydrogen-bond donors (Lipinski definition) is 2. The van der Waals surface area contributed by atoms with Gasteiger partial charge in [-0.1, -0.05) is 12.1 Å². The van der Waals surface area contributed by atoms with E-state index in [1.54, 1.807) is 26.4 Å². The highest BCUT2D eigenvalue weighted by molar-refractivity contribution is 5.85. The Kier molecular flexibility index (Phi) is 6.08. The number of aliphatic hydroxyl groups is 2. The van der Waals surface area contributed by atoms with E-state index in [-0.39, 0.29) is 19.0 Å². The van der Waals surface area contributed by atoms with E-state index in [0.29, 0.717) is 22.6 Å². The minimum atomic E-state index is -0.306. The number of rotatable bonds is 6. The second kappa shape index (κ2) is 8.94. The van der Waals surface area contributed by atoms with E-state index < -0.39 is 0 Å². The van der Waals surface area contributed by atoms with E-state index in [1.165, 1.54) is 12.1 Å². The minimum Gasteiger partial charge on any atom is -0.493 e. The number of aromatic nitrogens is 1. The molecule has 0 fully saturated rings. The van der Waals surface area contributed by atoms with Crippen LogP contribution in [0.1, 0.15) is 11.1 Å². The van der Waals surface area contributed by atoms with E-state index in [4.69, 9.17) is 9.47 Å². The van der Waals surface area contributed by atoms with Crippen LogP contribution in [0.3, 0.4) is 0 Å². The molecule has 3 aromatic carbocycles. The smallest absolute Gasteiger partial charge is 0.212 e. The maximum atomic E-state index is 13.5. The summed E-state index contributed by atoms with van der Waals surface area (Å²) in [5, 5.41) is 20.3. The molecule has 6 heteroatoms. The molecule has 1 heterocycles. The number of methoxy groups -OCH3 is 2. The predicted molar refractivity (Wildman–Crippen MR) is 121 cm³/mol. The Hall–Kier alpha value is -3.48. The lowest BCUT2D eigenvalue weighted by molar-refractivity contribution is -0.644. The molecule has 32 heavy (non-hydrogen) atoms. The third-order valence-corrected chi connectivity index (χ3v) is 5.68. The standard InChI is InChI=1S/C26H25FNO4/c1-28-13-19(8-18-9-20(14-29)21(15-30)11-24(18)28)17-10-23(16-4-6-22(27)7-5-16)26(32-3)25(12-17)31-2/h4-13,29-30H,14-15H2,1-3H3/q+1. The van der Waals surface area contributed by atoms with Gasteiger partial charge in [0.2, 0.25) is 5.52 Å². The number of aliphatic hydroxyl groups excluding tert-OH is 2. The van der Waals surface area contributed by atoms with Gasteiger partial charge in [-0.2, -0.15) is 0 Å². The summed E-state index contributed by atoms with van der Waals surface area (Å²) in [7, 11) is 5.10. The van der Waals surface area contributed by atoms with E-state index in [2.05, 4.69) is 0 Å². The van der Waals surface area contributed by atoms with Gasteiger partial charge in [-0.05, 0) is 58.7 Å². The summed E-state index contributed by atoms with van der Waals surface area (Å²) in [6.45, 7) is -0.283. The van der Waals surface area contributed by atoms with Gasteiger partial charge in [0.05, 0.1) is 27.4 Å². The zero-order chi connectivity index (χ0) is 22.8. The summed E-state index contributed by atoms with van der Waals surface area (Å²) < 4.78 is 26.7. The maximum Gasteiger partial charge on any atom is 0.212 e. The number of ether oxygens (including phenoxy) is 2. The Morgan fingerprint density at radius 3 is 2.12 bits per heavy atom. The molecule has 1 aromatic heterocycles. The van der Waals surface area contributed by atoms with Gasteiger partial charge in [-0.3, -0.25) is 0 Å². The molecular formula is C26H25FNO4+. The second-order valence-corrected chi connectivity index (χ2v) is 7.60. The Labute approximate surface area is 185 Å². The van der Waals surface area contributed by atoms with Gasteiger partial charge in [0.1, 0.15) is 12.9 Å². The first-order valence-corrected chi connectivity index (χ1v) is 10.2. The van der Waals surface area contributed by atoms with E-state index in [9.17, 15) is 14.6 Å². The van der Waals surface area contributed by atoms with Gasteiger partial charge in [0.15, 0.2) is 17.7 Å². The molecule has 5 nitrogen and oxygen atoms in total. The molecule has 0 aliphatic carbocycles. The SMILES string of the molecule is COc1cc(-c2cc3cc(CO)c(CO)cc3[n+](C)c2)cc(-c2ccc(F)cc2)c1OC. The average Bonchev–Trinajstić information content (AvgIpc) is 2.82. The number of pyridine rings is 1. The van der Waals surface area contributed by atoms with Gasteiger partial charge in [-0.15, -0.1) is 0 Å². The van der Waals surface area contributed by atoms with Crippen LogP contribution in [0.2, 0.25) is 0 Å². The number of hydrogen-bond acceptors (Lipinski definition) is 4. The van der Waals surface area contributed by atoms with Crippen LogP contribution < -0.4 is 14.0 Å². The van der Waals surface area contributed by atoms with Crippen molar-refractivity contribution in [3.63, 3.8) is 0 Å². The fourth-order valence-electron chi connectivity index (χ4n) is 4.03. The summed E-state index contributed by atoms with van der Waals surface area (Å²) >= 11 is 0. The first-order valence-electron chi connectivity index (χ1n) is 10.2. The number of benzene rings is 3. The minimum absolute atomic E-state index is 0.135. The molecule has 0 aliphatic heterocycles. The van der Waals surface area contributed by atoms with E-state index in [0.717, 1.165) is 33.2 Å². The van der Waals surface area contributed by atoms with Crippen LogP contribution in [0, 0.1) is 5.82 Å². The highest BCUT2D eigenvalue weighted by Crippen LogP contribution is 2.42. The molecule has 0 aliphatic rings. The van der Waals surface area contributed by atoms with Gasteiger partial charge in [0, 0.05) is 22.6 Å². The van der Waals surface area contributed by atoms with Crippen LogP contribution >= 0.6 is 0 Å². The summed E-state index contributed by atoms with van der Waals surface area (Å²) in [6.07, 6.45) is 2.00. The third-order valence-electron chi connectivity index (χ3n) is 5.68. The summed E-state index contributed by atoms with van der Waals surface area (Å²) in [5.74, 6) is 0.834. The number of fused-ring (bicyclic) bond motifs is 1. The molecule has 0 saturated carbocycles. The quantitative estimate of drug-likeness (QED) is 0.448. The highest BCUT2D eigenvalue weighted by atomic mass is 19.1. The second-order valence-electron chi connectivity index (χ2n) is 7.60. The predicted octanol–water partition coefficient (Wildman–Crippen LogP) is 4.14. The van der Waals surface area contributed by atoms with Crippen molar-refractivity contribution in [1.82, 2.24) is 0 Å². The van der Waals surface area contributed by atoms with Crippen molar-refractivity contribution in [3.05, 3.63) is 77.7 Å². The topological polar surface area (TPSA) is 62.8 Å². The largest absolute Gasteiger partial charge is 0.493 e. The number of halogens is 1. The van der Waals surface area contributed by atoms with Crippen molar-refractivity contribution in [2.45, 2.75) is 13.2 Å². The normalized spacial score (nSPS) is 11.1. The fraction of sp³-hybridized carbons (Fsp3) is 0.192. The lowest BCUT2D eigenvalue weighted by atomic mass is 9.96. The summed E-state index contributed by atoms with van der Waals surface area (Å²) in [4.78, 5) is 0. The fourth-order valence-corrected chi connectivity index (χ4v) is 4.03. The number of aryl methyl sites for hydroxylation is 1. The van der Waals surface area contributed by atoms with Crippen molar-refractivity contribution in [3.8, 4) is 33.8 Å². The molecule has 0 bridgehead atoms.